The molecule has 0 unspecified atom stereocenters. The summed E-state index contributed by atoms with van der Waals surface area (Å²) < 4.78 is 44.4. The highest BCUT2D eigenvalue weighted by Crippen LogP contribution is 2.22. The van der Waals surface area contributed by atoms with Crippen molar-refractivity contribution in [2.45, 2.75) is 12.8 Å². The molecule has 0 atom stereocenters. The minimum Gasteiger partial charge on any atom is -0.497 e. The van der Waals surface area contributed by atoms with E-state index in [4.69, 9.17) is 4.74 Å². The number of hydrogen-bond acceptors (Lipinski definition) is 4. The van der Waals surface area contributed by atoms with Crippen LogP contribution in [-0.2, 0) is 27.7 Å². The van der Waals surface area contributed by atoms with Crippen molar-refractivity contribution in [1.29, 1.82) is 0 Å². The summed E-state index contributed by atoms with van der Waals surface area (Å²) in [5.41, 5.74) is 1.40. The molecule has 0 aromatic heterocycles. The molecule has 3 aromatic rings. The van der Waals surface area contributed by atoms with Crippen molar-refractivity contribution >= 4 is 26.7 Å². The predicted molar refractivity (Wildman–Crippen MR) is 106 cm³/mol. The van der Waals surface area contributed by atoms with Crippen LogP contribution >= 0.6 is 0 Å². The van der Waals surface area contributed by atoms with Crippen molar-refractivity contribution in [2.24, 2.45) is 0 Å². The molecular weight excluding hydrogens is 381 g/mol. The first-order valence-electron chi connectivity index (χ1n) is 8.69. The third-order valence-electron chi connectivity index (χ3n) is 4.32. The summed E-state index contributed by atoms with van der Waals surface area (Å²) in [5.74, 6) is -0.479. The van der Waals surface area contributed by atoms with E-state index in [2.05, 4.69) is 4.72 Å². The Balaban J connectivity index is 1.60. The monoisotopic (exact) mass is 401 g/mol. The van der Waals surface area contributed by atoms with Crippen molar-refractivity contribution < 1.29 is 22.3 Å². The highest BCUT2D eigenvalue weighted by Gasteiger charge is 2.15. The SMILES string of the molecule is COc1ccc2cc(CC(=O)NS(=O)(=O)CCc3ccc(F)cc3)ccc2c1. The number of amides is 1. The Morgan fingerprint density at radius 2 is 1.61 bits per heavy atom. The zero-order valence-corrected chi connectivity index (χ0v) is 16.1. The number of carbonyl (C=O) groups excluding carboxylic acids is 1. The van der Waals surface area contributed by atoms with Gasteiger partial charge in [-0.15, -0.1) is 0 Å². The second-order valence-electron chi connectivity index (χ2n) is 6.44. The van der Waals surface area contributed by atoms with E-state index in [0.29, 0.717) is 11.1 Å². The van der Waals surface area contributed by atoms with Gasteiger partial charge in [-0.2, -0.15) is 0 Å². The van der Waals surface area contributed by atoms with Crippen molar-refractivity contribution in [3.63, 3.8) is 0 Å². The average Bonchev–Trinajstić information content (AvgIpc) is 2.66. The average molecular weight is 401 g/mol. The topological polar surface area (TPSA) is 72.5 Å². The minimum absolute atomic E-state index is 0.0439. The van der Waals surface area contributed by atoms with Gasteiger partial charge >= 0.3 is 0 Å². The summed E-state index contributed by atoms with van der Waals surface area (Å²) >= 11 is 0. The lowest BCUT2D eigenvalue weighted by atomic mass is 10.0. The van der Waals surface area contributed by atoms with Crippen LogP contribution in [0.25, 0.3) is 10.8 Å². The summed E-state index contributed by atoms with van der Waals surface area (Å²) in [7, 11) is -2.18. The van der Waals surface area contributed by atoms with E-state index in [9.17, 15) is 17.6 Å². The maximum atomic E-state index is 12.9. The number of ether oxygens (including phenoxy) is 1. The highest BCUT2D eigenvalue weighted by molar-refractivity contribution is 7.90. The maximum Gasteiger partial charge on any atom is 0.237 e. The number of halogens is 1. The smallest absolute Gasteiger partial charge is 0.237 e. The lowest BCUT2D eigenvalue weighted by Crippen LogP contribution is -2.34. The Morgan fingerprint density at radius 1 is 0.964 bits per heavy atom. The zero-order valence-electron chi connectivity index (χ0n) is 15.3. The molecular formula is C21H20FNO4S. The normalized spacial score (nSPS) is 11.4. The molecule has 0 fully saturated rings. The molecule has 7 heteroatoms. The van der Waals surface area contributed by atoms with Crippen molar-refractivity contribution in [2.75, 3.05) is 12.9 Å². The van der Waals surface area contributed by atoms with Gasteiger partial charge in [0.2, 0.25) is 15.9 Å². The second kappa shape index (κ2) is 8.39. The van der Waals surface area contributed by atoms with Crippen LogP contribution in [0.1, 0.15) is 11.1 Å². The van der Waals surface area contributed by atoms with Crippen LogP contribution < -0.4 is 9.46 Å². The largest absolute Gasteiger partial charge is 0.497 e. The molecule has 0 radical (unpaired) electrons. The van der Waals surface area contributed by atoms with E-state index in [1.807, 2.05) is 30.3 Å². The van der Waals surface area contributed by atoms with Gasteiger partial charge in [-0.3, -0.25) is 9.52 Å². The number of aryl methyl sites for hydroxylation is 1. The van der Waals surface area contributed by atoms with Crippen LogP contribution in [0.5, 0.6) is 5.75 Å². The fraction of sp³-hybridized carbons (Fsp3) is 0.190. The lowest BCUT2D eigenvalue weighted by molar-refractivity contribution is -0.118. The first-order valence-corrected chi connectivity index (χ1v) is 10.3. The number of benzene rings is 3. The summed E-state index contributed by atoms with van der Waals surface area (Å²) in [6, 6.07) is 16.7. The molecule has 28 heavy (non-hydrogen) atoms. The lowest BCUT2D eigenvalue weighted by Gasteiger charge is -2.08. The number of sulfonamides is 1. The fourth-order valence-corrected chi connectivity index (χ4v) is 3.89. The molecule has 5 nitrogen and oxygen atoms in total. The van der Waals surface area contributed by atoms with Crippen LogP contribution in [0.15, 0.2) is 60.7 Å². The fourth-order valence-electron chi connectivity index (χ4n) is 2.86. The van der Waals surface area contributed by atoms with Crippen molar-refractivity contribution in [3.05, 3.63) is 77.6 Å². The molecule has 0 bridgehead atoms. The predicted octanol–water partition coefficient (Wildman–Crippen LogP) is 3.22. The summed E-state index contributed by atoms with van der Waals surface area (Å²) in [5, 5.41) is 1.90. The molecule has 0 aliphatic rings. The van der Waals surface area contributed by atoms with Crippen molar-refractivity contribution in [3.8, 4) is 5.75 Å². The summed E-state index contributed by atoms with van der Waals surface area (Å²) in [4.78, 5) is 12.2. The number of rotatable bonds is 7. The van der Waals surface area contributed by atoms with Gasteiger partial charge in [0.15, 0.2) is 0 Å². The van der Waals surface area contributed by atoms with E-state index in [-0.39, 0.29) is 24.4 Å². The van der Waals surface area contributed by atoms with Gasteiger partial charge in [0.1, 0.15) is 11.6 Å². The Kier molecular flexibility index (Phi) is 5.94. The Labute approximate surface area is 163 Å². The number of hydrogen-bond donors (Lipinski definition) is 1. The molecule has 1 amide bonds. The van der Waals surface area contributed by atoms with E-state index in [1.165, 1.54) is 24.3 Å². The van der Waals surface area contributed by atoms with Gasteiger partial charge in [0.25, 0.3) is 0 Å². The molecule has 0 spiro atoms. The third kappa shape index (κ3) is 5.29. The van der Waals surface area contributed by atoms with Crippen LogP contribution in [-0.4, -0.2) is 27.2 Å². The molecule has 3 aromatic carbocycles. The standard InChI is InChI=1S/C21H20FNO4S/c1-27-20-9-6-17-12-16(2-5-18(17)14-20)13-21(24)23-28(25,26)11-10-15-3-7-19(22)8-4-15/h2-9,12,14H,10-11,13H2,1H3,(H,23,24). The maximum absolute atomic E-state index is 12.9. The second-order valence-corrected chi connectivity index (χ2v) is 8.29. The first-order chi connectivity index (χ1) is 13.3. The summed E-state index contributed by atoms with van der Waals surface area (Å²) in [6.07, 6.45) is 0.151. The first kappa shape index (κ1) is 19.8. The van der Waals surface area contributed by atoms with Gasteiger partial charge in [-0.25, -0.2) is 12.8 Å². The third-order valence-corrected chi connectivity index (χ3v) is 5.60. The van der Waals surface area contributed by atoms with Crippen LogP contribution in [0.3, 0.4) is 0 Å². The van der Waals surface area contributed by atoms with Gasteiger partial charge < -0.3 is 4.74 Å². The van der Waals surface area contributed by atoms with E-state index < -0.39 is 15.9 Å². The molecule has 0 saturated carbocycles. The van der Waals surface area contributed by atoms with E-state index in [1.54, 1.807) is 13.2 Å². The van der Waals surface area contributed by atoms with Crippen LogP contribution in [0, 0.1) is 5.82 Å². The number of nitrogens with one attached hydrogen (secondary N) is 1. The molecule has 1 N–H and O–H groups in total. The van der Waals surface area contributed by atoms with Crippen molar-refractivity contribution in [1.82, 2.24) is 4.72 Å². The Bertz CT molecular complexity index is 1100. The van der Waals surface area contributed by atoms with Gasteiger partial charge in [-0.1, -0.05) is 36.4 Å². The number of carbonyl (C=O) groups is 1. The summed E-state index contributed by atoms with van der Waals surface area (Å²) in [6.45, 7) is 0. The van der Waals surface area contributed by atoms with Gasteiger partial charge in [0, 0.05) is 0 Å². The molecule has 146 valence electrons. The Morgan fingerprint density at radius 3 is 2.32 bits per heavy atom. The zero-order chi connectivity index (χ0) is 20.1. The van der Waals surface area contributed by atoms with E-state index >= 15 is 0 Å². The molecule has 0 saturated heterocycles. The molecule has 0 heterocycles. The number of fused-ring (bicyclic) bond motifs is 1. The van der Waals surface area contributed by atoms with Gasteiger partial charge in [-0.05, 0) is 52.6 Å². The van der Waals surface area contributed by atoms with E-state index in [0.717, 1.165) is 16.5 Å². The van der Waals surface area contributed by atoms with Gasteiger partial charge in [0.05, 0.1) is 19.3 Å². The molecule has 0 aliphatic heterocycles. The minimum atomic E-state index is -3.77. The Hall–Kier alpha value is -2.93. The number of methoxy groups -OCH3 is 1. The molecule has 3 rings (SSSR count). The van der Waals surface area contributed by atoms with Crippen LogP contribution in [0.4, 0.5) is 4.39 Å². The van der Waals surface area contributed by atoms with Crippen LogP contribution in [0.2, 0.25) is 0 Å². The molecule has 0 aliphatic carbocycles. The quantitative estimate of drug-likeness (QED) is 0.660. The highest BCUT2D eigenvalue weighted by atomic mass is 32.2.